The first-order valence-corrected chi connectivity index (χ1v) is 7.29. The largest absolute Gasteiger partial charge is 0.481 e. The zero-order valence-corrected chi connectivity index (χ0v) is 11.5. The van der Waals surface area contributed by atoms with Gasteiger partial charge in [0.25, 0.3) is 11.1 Å². The predicted octanol–water partition coefficient (Wildman–Crippen LogP) is 3.27. The van der Waals surface area contributed by atoms with Crippen LogP contribution in [0.25, 0.3) is 20.9 Å². The van der Waals surface area contributed by atoms with Crippen LogP contribution in [0.15, 0.2) is 33.9 Å². The molecular weight excluding hydrogens is 303 g/mol. The van der Waals surface area contributed by atoms with Crippen molar-refractivity contribution < 1.29 is 18.7 Å². The molecule has 0 aliphatic heterocycles. The fourth-order valence-corrected chi connectivity index (χ4v) is 3.09. The summed E-state index contributed by atoms with van der Waals surface area (Å²) in [6, 6.07) is 6.35. The zero-order chi connectivity index (χ0) is 14.1. The quantitative estimate of drug-likeness (QED) is 0.745. The van der Waals surface area contributed by atoms with E-state index in [2.05, 4.69) is 10.2 Å². The molecule has 102 valence electrons. The number of thioether (sulfide) groups is 1. The molecule has 0 aliphatic rings. The van der Waals surface area contributed by atoms with E-state index in [1.165, 1.54) is 23.5 Å². The maximum Gasteiger partial charge on any atom is 0.314 e. The first-order valence-electron chi connectivity index (χ1n) is 5.49. The van der Waals surface area contributed by atoms with Crippen molar-refractivity contribution >= 4 is 39.2 Å². The molecule has 0 saturated carbocycles. The van der Waals surface area contributed by atoms with Crippen LogP contribution in [0.3, 0.4) is 0 Å². The highest BCUT2D eigenvalue weighted by molar-refractivity contribution is 7.99. The molecule has 0 spiro atoms. The van der Waals surface area contributed by atoms with Gasteiger partial charge in [-0.1, -0.05) is 17.8 Å². The van der Waals surface area contributed by atoms with E-state index in [0.29, 0.717) is 5.89 Å². The number of carboxylic acid groups (broad SMARTS) is 1. The number of nitrogens with zero attached hydrogens (tertiary/aromatic N) is 2. The van der Waals surface area contributed by atoms with Gasteiger partial charge in [-0.3, -0.25) is 4.79 Å². The molecule has 0 unspecified atom stereocenters. The Hall–Kier alpha value is -1.93. The van der Waals surface area contributed by atoms with E-state index in [9.17, 15) is 9.18 Å². The number of halogens is 1. The van der Waals surface area contributed by atoms with Gasteiger partial charge in [-0.05, 0) is 23.6 Å². The van der Waals surface area contributed by atoms with Crippen LogP contribution in [0.5, 0.6) is 0 Å². The maximum atomic E-state index is 13.1. The number of hydrogen-bond acceptors (Lipinski definition) is 6. The van der Waals surface area contributed by atoms with Crippen molar-refractivity contribution in [2.24, 2.45) is 0 Å². The van der Waals surface area contributed by atoms with Crippen LogP contribution >= 0.6 is 23.1 Å². The van der Waals surface area contributed by atoms with Crippen molar-refractivity contribution in [2.45, 2.75) is 5.22 Å². The van der Waals surface area contributed by atoms with E-state index in [1.54, 1.807) is 6.07 Å². The lowest BCUT2D eigenvalue weighted by Crippen LogP contribution is -1.97. The topological polar surface area (TPSA) is 76.2 Å². The van der Waals surface area contributed by atoms with Crippen molar-refractivity contribution in [1.82, 2.24) is 10.2 Å². The van der Waals surface area contributed by atoms with Gasteiger partial charge < -0.3 is 9.52 Å². The Morgan fingerprint density at radius 1 is 1.40 bits per heavy atom. The van der Waals surface area contributed by atoms with Gasteiger partial charge in [-0.25, -0.2) is 4.39 Å². The van der Waals surface area contributed by atoms with Crippen LogP contribution in [0, 0.1) is 5.82 Å². The summed E-state index contributed by atoms with van der Waals surface area (Å²) in [4.78, 5) is 11.2. The molecule has 0 radical (unpaired) electrons. The van der Waals surface area contributed by atoms with Gasteiger partial charge in [0.05, 0.1) is 4.88 Å². The summed E-state index contributed by atoms with van der Waals surface area (Å²) in [7, 11) is 0. The third-order valence-corrected chi connectivity index (χ3v) is 4.31. The Balaban J connectivity index is 1.89. The summed E-state index contributed by atoms with van der Waals surface area (Å²) in [5, 5.41) is 17.3. The molecule has 0 bridgehead atoms. The zero-order valence-electron chi connectivity index (χ0n) is 9.87. The average Bonchev–Trinajstić information content (AvgIpc) is 3.01. The van der Waals surface area contributed by atoms with Gasteiger partial charge >= 0.3 is 5.97 Å². The van der Waals surface area contributed by atoms with Gasteiger partial charge in [-0.2, -0.15) is 0 Å². The molecule has 2 aromatic heterocycles. The lowest BCUT2D eigenvalue weighted by molar-refractivity contribution is -0.133. The van der Waals surface area contributed by atoms with E-state index in [0.717, 1.165) is 26.7 Å². The molecule has 1 aromatic carbocycles. The molecule has 0 atom stereocenters. The van der Waals surface area contributed by atoms with Crippen molar-refractivity contribution in [3.05, 3.63) is 30.1 Å². The minimum atomic E-state index is -0.952. The monoisotopic (exact) mass is 310 g/mol. The SMILES string of the molecule is O=C(O)CSc1nnc(-c2cc3ccc(F)cc3s2)o1. The van der Waals surface area contributed by atoms with Crippen LogP contribution in [-0.2, 0) is 4.79 Å². The molecule has 0 fully saturated rings. The number of carbonyl (C=O) groups is 1. The fourth-order valence-electron chi connectivity index (χ4n) is 1.60. The number of aliphatic carboxylic acids is 1. The Kier molecular flexibility index (Phi) is 3.41. The summed E-state index contributed by atoms with van der Waals surface area (Å²) in [5.41, 5.74) is 0. The molecule has 0 amide bonds. The lowest BCUT2D eigenvalue weighted by atomic mass is 10.2. The third-order valence-electron chi connectivity index (χ3n) is 2.42. The van der Waals surface area contributed by atoms with Crippen LogP contribution in [-0.4, -0.2) is 27.0 Å². The summed E-state index contributed by atoms with van der Waals surface area (Å²) >= 11 is 2.30. The number of benzene rings is 1. The third kappa shape index (κ3) is 2.66. The molecule has 5 nitrogen and oxygen atoms in total. The Morgan fingerprint density at radius 3 is 3.05 bits per heavy atom. The van der Waals surface area contributed by atoms with E-state index in [4.69, 9.17) is 9.52 Å². The second-order valence-corrected chi connectivity index (χ2v) is 5.86. The van der Waals surface area contributed by atoms with Crippen LogP contribution < -0.4 is 0 Å². The highest BCUT2D eigenvalue weighted by atomic mass is 32.2. The van der Waals surface area contributed by atoms with Gasteiger partial charge in [0.15, 0.2) is 0 Å². The van der Waals surface area contributed by atoms with E-state index < -0.39 is 5.97 Å². The Labute approximate surface area is 120 Å². The lowest BCUT2D eigenvalue weighted by Gasteiger charge is -1.88. The van der Waals surface area contributed by atoms with Crippen molar-refractivity contribution in [1.29, 1.82) is 0 Å². The van der Waals surface area contributed by atoms with E-state index in [-0.39, 0.29) is 16.8 Å². The molecule has 2 heterocycles. The first-order chi connectivity index (χ1) is 9.61. The van der Waals surface area contributed by atoms with Gasteiger partial charge in [-0.15, -0.1) is 21.5 Å². The van der Waals surface area contributed by atoms with E-state index >= 15 is 0 Å². The second-order valence-electron chi connectivity index (χ2n) is 3.85. The summed E-state index contributed by atoms with van der Waals surface area (Å²) in [6.45, 7) is 0. The second kappa shape index (κ2) is 5.22. The smallest absolute Gasteiger partial charge is 0.314 e. The highest BCUT2D eigenvalue weighted by Gasteiger charge is 2.13. The molecule has 1 N–H and O–H groups in total. The number of thiophene rings is 1. The normalized spacial score (nSPS) is 11.1. The van der Waals surface area contributed by atoms with Crippen LogP contribution in [0.4, 0.5) is 4.39 Å². The minimum Gasteiger partial charge on any atom is -0.481 e. The van der Waals surface area contributed by atoms with Gasteiger partial charge in [0, 0.05) is 4.70 Å². The summed E-state index contributed by atoms with van der Waals surface area (Å²) in [5.74, 6) is -1.08. The fraction of sp³-hybridized carbons (Fsp3) is 0.0833. The van der Waals surface area contributed by atoms with Gasteiger partial charge in [0.1, 0.15) is 11.6 Å². The van der Waals surface area contributed by atoms with Crippen molar-refractivity contribution in [2.75, 3.05) is 5.75 Å². The van der Waals surface area contributed by atoms with Crippen LogP contribution in [0.2, 0.25) is 0 Å². The molecule has 0 saturated heterocycles. The number of rotatable bonds is 4. The maximum absolute atomic E-state index is 13.1. The minimum absolute atomic E-state index is 0.140. The van der Waals surface area contributed by atoms with Gasteiger partial charge in [0.2, 0.25) is 0 Å². The van der Waals surface area contributed by atoms with Crippen molar-refractivity contribution in [3.8, 4) is 10.8 Å². The molecule has 3 aromatic rings. The average molecular weight is 310 g/mol. The van der Waals surface area contributed by atoms with Crippen LogP contribution in [0.1, 0.15) is 0 Å². The first kappa shape index (κ1) is 13.1. The molecule has 0 aliphatic carbocycles. The molecular formula is C12H7FN2O3S2. The number of fused-ring (bicyclic) bond motifs is 1. The summed E-state index contributed by atoms with van der Waals surface area (Å²) in [6.07, 6.45) is 0. The van der Waals surface area contributed by atoms with E-state index in [1.807, 2.05) is 6.07 Å². The summed E-state index contributed by atoms with van der Waals surface area (Å²) < 4.78 is 19.3. The standard InChI is InChI=1S/C12H7FN2O3S2/c13-7-2-1-6-3-9(20-8(6)4-7)11-14-15-12(18-11)19-5-10(16)17/h1-4H,5H2,(H,16,17). The Morgan fingerprint density at radius 2 is 2.25 bits per heavy atom. The molecule has 8 heteroatoms. The molecule has 20 heavy (non-hydrogen) atoms. The number of carboxylic acids is 1. The Bertz CT molecular complexity index is 784. The number of aromatic nitrogens is 2. The predicted molar refractivity (Wildman–Crippen MR) is 73.4 cm³/mol. The highest BCUT2D eigenvalue weighted by Crippen LogP contribution is 2.34. The van der Waals surface area contributed by atoms with Crippen molar-refractivity contribution in [3.63, 3.8) is 0 Å². The molecule has 3 rings (SSSR count). The number of hydrogen-bond donors (Lipinski definition) is 1.